The molecule has 0 atom stereocenters. The lowest BCUT2D eigenvalue weighted by Gasteiger charge is -2.08. The molecule has 0 radical (unpaired) electrons. The van der Waals surface area contributed by atoms with Gasteiger partial charge in [-0.2, -0.15) is 5.10 Å². The number of benzene rings is 1. The van der Waals surface area contributed by atoms with Gasteiger partial charge in [-0.25, -0.2) is 0 Å². The molecule has 0 aliphatic rings. The number of rotatable bonds is 4. The van der Waals surface area contributed by atoms with E-state index in [-0.39, 0.29) is 5.91 Å². The van der Waals surface area contributed by atoms with Gasteiger partial charge in [0.2, 0.25) is 0 Å². The molecule has 3 rings (SSSR count). The largest absolute Gasteiger partial charge is 0.320 e. The van der Waals surface area contributed by atoms with Gasteiger partial charge in [0.05, 0.1) is 11.2 Å². The summed E-state index contributed by atoms with van der Waals surface area (Å²) in [5.41, 5.74) is 4.10. The summed E-state index contributed by atoms with van der Waals surface area (Å²) in [6, 6.07) is 9.50. The monoisotopic (exact) mass is 308 g/mol. The number of anilines is 1. The van der Waals surface area contributed by atoms with Crippen LogP contribution in [-0.2, 0) is 6.42 Å². The minimum atomic E-state index is -0.217. The number of aryl methyl sites for hydroxylation is 1. The molecule has 0 fully saturated rings. The van der Waals surface area contributed by atoms with Crippen LogP contribution in [-0.4, -0.2) is 21.1 Å². The zero-order valence-corrected chi connectivity index (χ0v) is 13.6. The first-order valence-corrected chi connectivity index (χ1v) is 7.74. The fraction of sp³-hybridized carbons (Fsp3) is 0.278. The molecule has 2 heterocycles. The predicted molar refractivity (Wildman–Crippen MR) is 91.6 cm³/mol. The molecule has 0 saturated carbocycles. The first kappa shape index (κ1) is 15.2. The number of amides is 1. The van der Waals surface area contributed by atoms with Gasteiger partial charge in [-0.1, -0.05) is 19.9 Å². The molecule has 1 aromatic carbocycles. The van der Waals surface area contributed by atoms with E-state index in [0.717, 1.165) is 34.3 Å². The molecule has 0 spiro atoms. The number of aromatic nitrogens is 3. The Bertz CT molecular complexity index is 851. The van der Waals surface area contributed by atoms with E-state index in [1.54, 1.807) is 6.20 Å². The number of hydrogen-bond donors (Lipinski definition) is 2. The lowest BCUT2D eigenvalue weighted by atomic mass is 10.1. The van der Waals surface area contributed by atoms with Gasteiger partial charge in [0.15, 0.2) is 5.69 Å². The molecule has 2 N–H and O–H groups in total. The summed E-state index contributed by atoms with van der Waals surface area (Å²) in [4.78, 5) is 16.8. The first-order chi connectivity index (χ1) is 11.0. The SMILES string of the molecule is Cc1ccc(NC(=O)c2cc(CC(C)C)[nH]n2)c2cccnc12. The van der Waals surface area contributed by atoms with Gasteiger partial charge in [-0.05, 0) is 49.1 Å². The molecule has 5 heteroatoms. The molecule has 3 aromatic rings. The third-order valence-corrected chi connectivity index (χ3v) is 3.71. The van der Waals surface area contributed by atoms with Crippen LogP contribution in [0.5, 0.6) is 0 Å². The summed E-state index contributed by atoms with van der Waals surface area (Å²) in [7, 11) is 0. The highest BCUT2D eigenvalue weighted by atomic mass is 16.1. The van der Waals surface area contributed by atoms with Crippen molar-refractivity contribution in [2.24, 2.45) is 5.92 Å². The maximum atomic E-state index is 12.4. The second-order valence-electron chi connectivity index (χ2n) is 6.16. The van der Waals surface area contributed by atoms with E-state index in [9.17, 15) is 4.79 Å². The maximum Gasteiger partial charge on any atom is 0.276 e. The summed E-state index contributed by atoms with van der Waals surface area (Å²) in [5.74, 6) is 0.295. The van der Waals surface area contributed by atoms with Gasteiger partial charge in [0.1, 0.15) is 0 Å². The average molecular weight is 308 g/mol. The topological polar surface area (TPSA) is 70.7 Å². The summed E-state index contributed by atoms with van der Waals surface area (Å²) in [6.07, 6.45) is 2.63. The number of aromatic amines is 1. The second-order valence-corrected chi connectivity index (χ2v) is 6.16. The van der Waals surface area contributed by atoms with Gasteiger partial charge >= 0.3 is 0 Å². The number of carbonyl (C=O) groups is 1. The second kappa shape index (κ2) is 6.20. The van der Waals surface area contributed by atoms with E-state index in [1.807, 2.05) is 37.3 Å². The van der Waals surface area contributed by atoms with Crippen molar-refractivity contribution in [3.63, 3.8) is 0 Å². The molecular formula is C18H20N4O. The van der Waals surface area contributed by atoms with Crippen molar-refractivity contribution in [3.05, 3.63) is 53.5 Å². The van der Waals surface area contributed by atoms with Crippen LogP contribution in [0, 0.1) is 12.8 Å². The molecule has 5 nitrogen and oxygen atoms in total. The highest BCUT2D eigenvalue weighted by molar-refractivity contribution is 6.08. The normalized spacial score (nSPS) is 11.1. The van der Waals surface area contributed by atoms with Gasteiger partial charge < -0.3 is 5.32 Å². The van der Waals surface area contributed by atoms with Crippen LogP contribution in [0.2, 0.25) is 0 Å². The fourth-order valence-corrected chi connectivity index (χ4v) is 2.63. The van der Waals surface area contributed by atoms with Gasteiger partial charge in [-0.3, -0.25) is 14.9 Å². The third-order valence-electron chi connectivity index (χ3n) is 3.71. The Hall–Kier alpha value is -2.69. The van der Waals surface area contributed by atoms with Crippen LogP contribution in [0.3, 0.4) is 0 Å². The molecule has 0 bridgehead atoms. The van der Waals surface area contributed by atoms with E-state index in [1.165, 1.54) is 0 Å². The smallest absolute Gasteiger partial charge is 0.276 e. The van der Waals surface area contributed by atoms with Gasteiger partial charge in [-0.15, -0.1) is 0 Å². The Kier molecular flexibility index (Phi) is 4.10. The van der Waals surface area contributed by atoms with E-state index in [4.69, 9.17) is 0 Å². The predicted octanol–water partition coefficient (Wildman–Crippen LogP) is 3.72. The highest BCUT2D eigenvalue weighted by Gasteiger charge is 2.13. The van der Waals surface area contributed by atoms with Crippen LogP contribution in [0.1, 0.15) is 35.6 Å². The van der Waals surface area contributed by atoms with Crippen LogP contribution in [0.15, 0.2) is 36.5 Å². The first-order valence-electron chi connectivity index (χ1n) is 7.74. The Morgan fingerprint density at radius 2 is 2.13 bits per heavy atom. The molecule has 2 aromatic heterocycles. The summed E-state index contributed by atoms with van der Waals surface area (Å²) < 4.78 is 0. The van der Waals surface area contributed by atoms with Gasteiger partial charge in [0, 0.05) is 17.3 Å². The van der Waals surface area contributed by atoms with Crippen LogP contribution in [0.4, 0.5) is 5.69 Å². The van der Waals surface area contributed by atoms with Crippen molar-refractivity contribution >= 4 is 22.5 Å². The van der Waals surface area contributed by atoms with E-state index < -0.39 is 0 Å². The summed E-state index contributed by atoms with van der Waals surface area (Å²) in [5, 5.41) is 10.9. The fourth-order valence-electron chi connectivity index (χ4n) is 2.63. The lowest BCUT2D eigenvalue weighted by molar-refractivity contribution is 0.102. The van der Waals surface area contributed by atoms with Crippen LogP contribution in [0.25, 0.3) is 10.9 Å². The number of nitrogens with one attached hydrogen (secondary N) is 2. The average Bonchev–Trinajstić information content (AvgIpc) is 2.98. The molecule has 0 unspecified atom stereocenters. The molecule has 0 aliphatic heterocycles. The molecular weight excluding hydrogens is 288 g/mol. The van der Waals surface area contributed by atoms with E-state index >= 15 is 0 Å². The van der Waals surface area contributed by atoms with E-state index in [0.29, 0.717) is 11.6 Å². The quantitative estimate of drug-likeness (QED) is 0.771. The standard InChI is InChI=1S/C18H20N4O/c1-11(2)9-13-10-16(22-21-13)18(23)20-15-7-6-12(3)17-14(15)5-4-8-19-17/h4-8,10-11H,9H2,1-3H3,(H,20,23)(H,21,22). The maximum absolute atomic E-state index is 12.4. The number of nitrogens with zero attached hydrogens (tertiary/aromatic N) is 2. The van der Waals surface area contributed by atoms with E-state index in [2.05, 4.69) is 34.3 Å². The highest BCUT2D eigenvalue weighted by Crippen LogP contribution is 2.25. The van der Waals surface area contributed by atoms with Gasteiger partial charge in [0.25, 0.3) is 5.91 Å². The number of carbonyl (C=O) groups excluding carboxylic acids is 1. The molecule has 1 amide bonds. The Labute approximate surface area is 135 Å². The Balaban J connectivity index is 1.86. The molecule has 118 valence electrons. The van der Waals surface area contributed by atoms with Crippen molar-refractivity contribution in [1.29, 1.82) is 0 Å². The third kappa shape index (κ3) is 3.23. The number of pyridine rings is 1. The summed E-state index contributed by atoms with van der Waals surface area (Å²) >= 11 is 0. The minimum Gasteiger partial charge on any atom is -0.320 e. The van der Waals surface area contributed by atoms with Crippen molar-refractivity contribution in [2.75, 3.05) is 5.32 Å². The number of fused-ring (bicyclic) bond motifs is 1. The zero-order chi connectivity index (χ0) is 16.4. The Morgan fingerprint density at radius 1 is 1.30 bits per heavy atom. The zero-order valence-electron chi connectivity index (χ0n) is 13.6. The van der Waals surface area contributed by atoms with Crippen molar-refractivity contribution in [1.82, 2.24) is 15.2 Å². The van der Waals surface area contributed by atoms with Crippen LogP contribution >= 0.6 is 0 Å². The molecule has 23 heavy (non-hydrogen) atoms. The van der Waals surface area contributed by atoms with Crippen molar-refractivity contribution in [3.8, 4) is 0 Å². The van der Waals surface area contributed by atoms with Crippen LogP contribution < -0.4 is 5.32 Å². The number of hydrogen-bond acceptors (Lipinski definition) is 3. The molecule has 0 aliphatic carbocycles. The molecule has 0 saturated heterocycles. The van der Waals surface area contributed by atoms with Crippen molar-refractivity contribution < 1.29 is 4.79 Å². The number of H-pyrrole nitrogens is 1. The Morgan fingerprint density at radius 3 is 2.91 bits per heavy atom. The minimum absolute atomic E-state index is 0.217. The van der Waals surface area contributed by atoms with Crippen molar-refractivity contribution in [2.45, 2.75) is 27.2 Å². The summed E-state index contributed by atoms with van der Waals surface area (Å²) in [6.45, 7) is 6.27. The lowest BCUT2D eigenvalue weighted by Crippen LogP contribution is -2.12.